The van der Waals surface area contributed by atoms with Gasteiger partial charge in [0.05, 0.1) is 11.3 Å². The van der Waals surface area contributed by atoms with Gasteiger partial charge in [0.2, 0.25) is 5.89 Å². The van der Waals surface area contributed by atoms with E-state index < -0.39 is 22.0 Å². The number of carboxylic acid groups (broad SMARTS) is 1. The second kappa shape index (κ2) is 8.69. The third-order valence-electron chi connectivity index (χ3n) is 3.80. The Balaban J connectivity index is 0.000000345. The lowest BCUT2D eigenvalue weighted by molar-refractivity contribution is -0.192. The standard InChI is InChI=1S/C14H17N3O3S.C2HF3O2/c1-21(18,19)12-5-3-2-4-11(12)7-14-16-13(17-20-14)6-10-8-15-9-10;3-2(4,5)1(6)7/h2-5,10,15H,6-9H2,1H3;(H,6,7). The topological polar surface area (TPSA) is 122 Å². The normalized spacial score (nSPS) is 14.7. The van der Waals surface area contributed by atoms with Crippen LogP contribution in [0, 0.1) is 5.92 Å². The van der Waals surface area contributed by atoms with E-state index in [9.17, 15) is 21.6 Å². The number of nitrogens with one attached hydrogen (secondary N) is 1. The Kier molecular flexibility index (Phi) is 6.77. The first-order valence-corrected chi connectivity index (χ1v) is 9.96. The van der Waals surface area contributed by atoms with Crippen LogP contribution in [0.1, 0.15) is 17.3 Å². The number of hydrogen-bond acceptors (Lipinski definition) is 7. The van der Waals surface area contributed by atoms with Gasteiger partial charge < -0.3 is 14.9 Å². The molecule has 1 aliphatic heterocycles. The predicted molar refractivity (Wildman–Crippen MR) is 90.4 cm³/mol. The maximum absolute atomic E-state index is 11.8. The van der Waals surface area contributed by atoms with Crippen LogP contribution in [0.4, 0.5) is 13.2 Å². The first-order valence-electron chi connectivity index (χ1n) is 8.07. The van der Waals surface area contributed by atoms with Crippen molar-refractivity contribution >= 4 is 15.8 Å². The van der Waals surface area contributed by atoms with Gasteiger partial charge in [-0.1, -0.05) is 23.4 Å². The van der Waals surface area contributed by atoms with Crippen LogP contribution in [0.15, 0.2) is 33.7 Å². The van der Waals surface area contributed by atoms with E-state index in [0.29, 0.717) is 34.5 Å². The maximum Gasteiger partial charge on any atom is 0.490 e. The van der Waals surface area contributed by atoms with Crippen LogP contribution in [-0.4, -0.2) is 55.2 Å². The third kappa shape index (κ3) is 6.30. The summed E-state index contributed by atoms with van der Waals surface area (Å²) in [4.78, 5) is 13.6. The summed E-state index contributed by atoms with van der Waals surface area (Å²) in [5.41, 5.74) is 0.681. The SMILES string of the molecule is CS(=O)(=O)c1ccccc1Cc1nc(CC2CNC2)no1.O=C(O)C(F)(F)F. The van der Waals surface area contributed by atoms with Crippen molar-refractivity contribution in [2.24, 2.45) is 5.92 Å². The summed E-state index contributed by atoms with van der Waals surface area (Å²) in [7, 11) is -3.26. The molecule has 0 atom stereocenters. The van der Waals surface area contributed by atoms with Gasteiger partial charge in [-0.25, -0.2) is 13.2 Å². The first kappa shape index (κ1) is 21.8. The summed E-state index contributed by atoms with van der Waals surface area (Å²) in [6.45, 7) is 1.97. The molecule has 0 aliphatic carbocycles. The smallest absolute Gasteiger partial charge is 0.475 e. The molecule has 28 heavy (non-hydrogen) atoms. The van der Waals surface area contributed by atoms with Crippen molar-refractivity contribution in [2.75, 3.05) is 19.3 Å². The van der Waals surface area contributed by atoms with Gasteiger partial charge in [0, 0.05) is 12.7 Å². The van der Waals surface area contributed by atoms with E-state index in [2.05, 4.69) is 15.5 Å². The van der Waals surface area contributed by atoms with E-state index in [1.54, 1.807) is 24.3 Å². The molecule has 1 aromatic heterocycles. The van der Waals surface area contributed by atoms with Crippen LogP contribution in [0.25, 0.3) is 0 Å². The zero-order chi connectivity index (χ0) is 20.9. The molecule has 1 saturated heterocycles. The van der Waals surface area contributed by atoms with E-state index in [1.165, 1.54) is 6.26 Å². The average molecular weight is 421 g/mol. The number of nitrogens with zero attached hydrogens (tertiary/aromatic N) is 2. The van der Waals surface area contributed by atoms with E-state index >= 15 is 0 Å². The monoisotopic (exact) mass is 421 g/mol. The number of aromatic nitrogens is 2. The number of halogens is 3. The van der Waals surface area contributed by atoms with Gasteiger partial charge in [-0.05, 0) is 30.6 Å². The van der Waals surface area contributed by atoms with Crippen molar-refractivity contribution < 1.29 is 36.0 Å². The van der Waals surface area contributed by atoms with Crippen LogP contribution >= 0.6 is 0 Å². The highest BCUT2D eigenvalue weighted by Crippen LogP contribution is 2.19. The van der Waals surface area contributed by atoms with Gasteiger partial charge in [-0.2, -0.15) is 18.2 Å². The second-order valence-corrected chi connectivity index (χ2v) is 8.18. The van der Waals surface area contributed by atoms with Crippen molar-refractivity contribution in [3.05, 3.63) is 41.5 Å². The molecular weight excluding hydrogens is 403 g/mol. The summed E-state index contributed by atoms with van der Waals surface area (Å²) in [5, 5.41) is 14.3. The summed E-state index contributed by atoms with van der Waals surface area (Å²) < 4.78 is 60.5. The minimum Gasteiger partial charge on any atom is -0.475 e. The molecule has 154 valence electrons. The molecule has 0 bridgehead atoms. The van der Waals surface area contributed by atoms with E-state index in [4.69, 9.17) is 14.4 Å². The van der Waals surface area contributed by atoms with E-state index in [-0.39, 0.29) is 0 Å². The Morgan fingerprint density at radius 1 is 1.32 bits per heavy atom. The molecule has 1 aliphatic rings. The van der Waals surface area contributed by atoms with Crippen molar-refractivity contribution in [3.63, 3.8) is 0 Å². The molecule has 0 radical (unpaired) electrons. The van der Waals surface area contributed by atoms with Gasteiger partial charge in [0.15, 0.2) is 15.7 Å². The van der Waals surface area contributed by atoms with E-state index in [1.807, 2.05) is 0 Å². The Bertz CT molecular complexity index is 924. The number of rotatable bonds is 5. The van der Waals surface area contributed by atoms with Crippen LogP contribution in [0.3, 0.4) is 0 Å². The van der Waals surface area contributed by atoms with Gasteiger partial charge in [-0.15, -0.1) is 0 Å². The van der Waals surface area contributed by atoms with Crippen LogP contribution in [0.5, 0.6) is 0 Å². The molecule has 2 N–H and O–H groups in total. The molecule has 2 aromatic rings. The van der Waals surface area contributed by atoms with Crippen molar-refractivity contribution in [1.29, 1.82) is 0 Å². The molecule has 8 nitrogen and oxygen atoms in total. The highest BCUT2D eigenvalue weighted by molar-refractivity contribution is 7.90. The van der Waals surface area contributed by atoms with Crippen LogP contribution in [-0.2, 0) is 27.5 Å². The molecule has 0 spiro atoms. The molecule has 3 rings (SSSR count). The molecule has 2 heterocycles. The molecule has 12 heteroatoms. The van der Waals surface area contributed by atoms with Crippen molar-refractivity contribution in [2.45, 2.75) is 23.9 Å². The zero-order valence-corrected chi connectivity index (χ0v) is 15.5. The minimum absolute atomic E-state index is 0.313. The molecule has 1 aromatic carbocycles. The van der Waals surface area contributed by atoms with Gasteiger partial charge in [-0.3, -0.25) is 0 Å². The zero-order valence-electron chi connectivity index (χ0n) is 14.7. The fraction of sp³-hybridized carbons (Fsp3) is 0.438. The van der Waals surface area contributed by atoms with Gasteiger partial charge >= 0.3 is 12.1 Å². The molecule has 0 unspecified atom stereocenters. The van der Waals surface area contributed by atoms with Crippen molar-refractivity contribution in [1.82, 2.24) is 15.5 Å². The molecule has 0 saturated carbocycles. The summed E-state index contributed by atoms with van der Waals surface area (Å²) in [5.74, 6) is -1.05. The maximum atomic E-state index is 11.8. The summed E-state index contributed by atoms with van der Waals surface area (Å²) in [6.07, 6.45) is -2.75. The van der Waals surface area contributed by atoms with Crippen LogP contribution < -0.4 is 5.32 Å². The minimum atomic E-state index is -5.08. The molecular formula is C16H18F3N3O5S. The lowest BCUT2D eigenvalue weighted by atomic mass is 9.99. The Labute approximate surface area is 158 Å². The van der Waals surface area contributed by atoms with Gasteiger partial charge in [0.25, 0.3) is 0 Å². The highest BCUT2D eigenvalue weighted by atomic mass is 32.2. The third-order valence-corrected chi connectivity index (χ3v) is 5.00. The van der Waals surface area contributed by atoms with Gasteiger partial charge in [0.1, 0.15) is 0 Å². The molecule has 0 amide bonds. The van der Waals surface area contributed by atoms with Crippen LogP contribution in [0.2, 0.25) is 0 Å². The fourth-order valence-corrected chi connectivity index (χ4v) is 3.31. The molecule has 1 fully saturated rings. The number of carbonyl (C=O) groups is 1. The Hall–Kier alpha value is -2.47. The highest BCUT2D eigenvalue weighted by Gasteiger charge is 2.38. The Morgan fingerprint density at radius 2 is 1.93 bits per heavy atom. The van der Waals surface area contributed by atoms with Crippen molar-refractivity contribution in [3.8, 4) is 0 Å². The largest absolute Gasteiger partial charge is 0.490 e. The summed E-state index contributed by atoms with van der Waals surface area (Å²) in [6, 6.07) is 6.89. The van der Waals surface area contributed by atoms with E-state index in [0.717, 1.165) is 19.5 Å². The number of sulfone groups is 1. The average Bonchev–Trinajstić information content (AvgIpc) is 2.97. The number of alkyl halides is 3. The summed E-state index contributed by atoms with van der Waals surface area (Å²) >= 11 is 0. The number of hydrogen-bond donors (Lipinski definition) is 2. The number of benzene rings is 1. The predicted octanol–water partition coefficient (Wildman–Crippen LogP) is 1.46. The number of aliphatic carboxylic acids is 1. The number of carboxylic acids is 1. The second-order valence-electron chi connectivity index (χ2n) is 6.19. The fourth-order valence-electron chi connectivity index (χ4n) is 2.37. The quantitative estimate of drug-likeness (QED) is 0.744. The lowest BCUT2D eigenvalue weighted by Crippen LogP contribution is -2.43. The first-order chi connectivity index (χ1) is 13.0. The lowest BCUT2D eigenvalue weighted by Gasteiger charge is -2.25. The Morgan fingerprint density at radius 3 is 2.43 bits per heavy atom.